The van der Waals surface area contributed by atoms with E-state index in [1.807, 2.05) is 6.92 Å². The minimum absolute atomic E-state index is 0.00368. The number of carboxylic acids is 1. The number of rotatable bonds is 14. The Balaban J connectivity index is 1.98. The van der Waals surface area contributed by atoms with E-state index >= 15 is 0 Å². The summed E-state index contributed by atoms with van der Waals surface area (Å²) in [4.78, 5) is 46.9. The van der Waals surface area contributed by atoms with Gasteiger partial charge in [0.25, 0.3) is 5.91 Å². The van der Waals surface area contributed by atoms with Gasteiger partial charge in [-0.25, -0.2) is 9.86 Å². The fourth-order valence-corrected chi connectivity index (χ4v) is 3.26. The van der Waals surface area contributed by atoms with Gasteiger partial charge in [-0.15, -0.1) is 0 Å². The molecule has 3 amide bonds. The van der Waals surface area contributed by atoms with Crippen molar-refractivity contribution in [1.29, 1.82) is 0 Å². The van der Waals surface area contributed by atoms with E-state index in [0.29, 0.717) is 22.8 Å². The predicted molar refractivity (Wildman–Crippen MR) is 120 cm³/mol. The second kappa shape index (κ2) is 13.0. The summed E-state index contributed by atoms with van der Waals surface area (Å²) >= 11 is 0. The van der Waals surface area contributed by atoms with Crippen LogP contribution in [-0.4, -0.2) is 59.9 Å². The molecule has 0 saturated carbocycles. The summed E-state index contributed by atoms with van der Waals surface area (Å²) in [6, 6.07) is 7.29. The maximum atomic E-state index is 12.4. The summed E-state index contributed by atoms with van der Waals surface area (Å²) in [6.07, 6.45) is 3.35. The lowest BCUT2D eigenvalue weighted by Gasteiger charge is -2.19. The van der Waals surface area contributed by atoms with Crippen LogP contribution in [0.25, 0.3) is 11.3 Å². The zero-order valence-electron chi connectivity index (χ0n) is 19.1. The molecule has 4 N–H and O–H groups in total. The molecule has 1 heterocycles. The first-order valence-corrected chi connectivity index (χ1v) is 10.8. The summed E-state index contributed by atoms with van der Waals surface area (Å²) < 4.78 is 10.7. The number of ether oxygens (including phenoxy) is 1. The Hall–Kier alpha value is -3.86. The molecule has 2 aromatic rings. The number of aromatic carboxylic acids is 1. The first kappa shape index (κ1) is 26.4. The van der Waals surface area contributed by atoms with E-state index in [1.54, 1.807) is 6.07 Å². The van der Waals surface area contributed by atoms with Gasteiger partial charge in [-0.2, -0.15) is 0 Å². The van der Waals surface area contributed by atoms with Gasteiger partial charge in [-0.05, 0) is 36.8 Å². The monoisotopic (exact) mass is 475 g/mol. The van der Waals surface area contributed by atoms with Crippen molar-refractivity contribution < 1.29 is 38.6 Å². The van der Waals surface area contributed by atoms with Crippen LogP contribution in [0.2, 0.25) is 0 Å². The van der Waals surface area contributed by atoms with E-state index < -0.39 is 23.7 Å². The highest BCUT2D eigenvalue weighted by molar-refractivity contribution is 5.93. The lowest BCUT2D eigenvalue weighted by atomic mass is 10.0. The van der Waals surface area contributed by atoms with Crippen molar-refractivity contribution in [3.05, 3.63) is 41.7 Å². The Morgan fingerprint density at radius 1 is 1.18 bits per heavy atom. The third-order valence-corrected chi connectivity index (χ3v) is 5.07. The number of hydroxylamine groups is 2. The number of furan rings is 1. The molecule has 0 aliphatic heterocycles. The molecule has 0 aliphatic carbocycles. The molecule has 0 bridgehead atoms. The fraction of sp³-hybridized carbons (Fsp3) is 0.391. The van der Waals surface area contributed by atoms with Crippen LogP contribution in [0.4, 0.5) is 0 Å². The summed E-state index contributed by atoms with van der Waals surface area (Å²) in [7, 11) is 1.41. The summed E-state index contributed by atoms with van der Waals surface area (Å²) in [6.45, 7) is 1.69. The van der Waals surface area contributed by atoms with E-state index in [1.165, 1.54) is 31.4 Å². The summed E-state index contributed by atoms with van der Waals surface area (Å²) in [5.74, 6) is -2.20. The van der Waals surface area contributed by atoms with Gasteiger partial charge in [0.05, 0.1) is 31.8 Å². The average molecular weight is 475 g/mol. The van der Waals surface area contributed by atoms with Gasteiger partial charge in [-0.1, -0.05) is 26.2 Å². The highest BCUT2D eigenvalue weighted by atomic mass is 16.5. The van der Waals surface area contributed by atoms with Crippen LogP contribution in [-0.2, 0) is 9.59 Å². The van der Waals surface area contributed by atoms with Crippen LogP contribution >= 0.6 is 0 Å². The number of carbonyl (C=O) groups is 4. The van der Waals surface area contributed by atoms with Gasteiger partial charge in [-0.3, -0.25) is 19.6 Å². The van der Waals surface area contributed by atoms with Crippen LogP contribution in [0.5, 0.6) is 5.75 Å². The number of carbonyl (C=O) groups excluding carboxylic acids is 3. The van der Waals surface area contributed by atoms with Crippen LogP contribution in [0, 0.1) is 5.92 Å². The second-order valence-corrected chi connectivity index (χ2v) is 7.56. The highest BCUT2D eigenvalue weighted by Gasteiger charge is 2.21. The molecule has 1 aromatic heterocycles. The van der Waals surface area contributed by atoms with E-state index in [4.69, 9.17) is 9.15 Å². The number of hydrogen-bond acceptors (Lipinski definition) is 7. The maximum Gasteiger partial charge on any atom is 0.335 e. The molecule has 184 valence electrons. The van der Waals surface area contributed by atoms with Crippen molar-refractivity contribution in [3.63, 3.8) is 0 Å². The molecular formula is C23H29N3O8. The SMILES string of the molecule is CCCCCC(CN(O)C=O)C(=O)NCNC(=O)c1ccc(-c2cc(OC)cc(C(=O)O)c2)o1. The molecule has 11 nitrogen and oxygen atoms in total. The van der Waals surface area contributed by atoms with Crippen molar-refractivity contribution in [2.24, 2.45) is 5.92 Å². The highest BCUT2D eigenvalue weighted by Crippen LogP contribution is 2.28. The molecule has 0 spiro atoms. The minimum Gasteiger partial charge on any atom is -0.497 e. The molecule has 34 heavy (non-hydrogen) atoms. The van der Waals surface area contributed by atoms with Crippen LogP contribution in [0.1, 0.15) is 53.5 Å². The molecule has 0 aliphatic rings. The van der Waals surface area contributed by atoms with Gasteiger partial charge in [0.15, 0.2) is 5.76 Å². The zero-order valence-corrected chi connectivity index (χ0v) is 19.1. The molecular weight excluding hydrogens is 446 g/mol. The van der Waals surface area contributed by atoms with E-state index in [-0.39, 0.29) is 36.7 Å². The summed E-state index contributed by atoms with van der Waals surface area (Å²) in [5.41, 5.74) is 0.423. The van der Waals surface area contributed by atoms with Crippen molar-refractivity contribution in [2.75, 3.05) is 20.3 Å². The Labute approximate surface area is 196 Å². The van der Waals surface area contributed by atoms with Crippen molar-refractivity contribution in [2.45, 2.75) is 32.6 Å². The first-order chi connectivity index (χ1) is 16.3. The molecule has 2 rings (SSSR count). The average Bonchev–Trinajstić information content (AvgIpc) is 3.33. The zero-order chi connectivity index (χ0) is 25.1. The quantitative estimate of drug-likeness (QED) is 0.107. The number of nitrogens with one attached hydrogen (secondary N) is 2. The predicted octanol–water partition coefficient (Wildman–Crippen LogP) is 2.50. The first-order valence-electron chi connectivity index (χ1n) is 10.8. The summed E-state index contributed by atoms with van der Waals surface area (Å²) in [5, 5.41) is 24.2. The maximum absolute atomic E-state index is 12.4. The molecule has 0 radical (unpaired) electrons. The van der Waals surface area contributed by atoms with Gasteiger partial charge in [0.2, 0.25) is 12.3 Å². The molecule has 0 saturated heterocycles. The van der Waals surface area contributed by atoms with Crippen LogP contribution in [0.3, 0.4) is 0 Å². The number of nitrogens with zero attached hydrogens (tertiary/aromatic N) is 1. The molecule has 0 fully saturated rings. The normalized spacial score (nSPS) is 11.4. The van der Waals surface area contributed by atoms with Crippen molar-refractivity contribution in [3.8, 4) is 17.1 Å². The Morgan fingerprint density at radius 3 is 2.59 bits per heavy atom. The number of amides is 3. The standard InChI is InChI=1S/C23H29N3O8/c1-3-4-5-6-15(12-26(32)14-27)21(28)24-13-25-22(29)20-8-7-19(34-20)16-9-17(23(30)31)11-18(10-16)33-2/h7-11,14-15,32H,3-6,12-13H2,1-2H3,(H,24,28)(H,25,29)(H,30,31). The molecule has 1 atom stereocenters. The number of methoxy groups -OCH3 is 1. The Bertz CT molecular complexity index is 1000. The van der Waals surface area contributed by atoms with Crippen molar-refractivity contribution >= 4 is 24.2 Å². The van der Waals surface area contributed by atoms with Crippen LogP contribution in [0.15, 0.2) is 34.7 Å². The topological polar surface area (TPSA) is 158 Å². The van der Waals surface area contributed by atoms with E-state index in [9.17, 15) is 29.5 Å². The smallest absolute Gasteiger partial charge is 0.335 e. The third-order valence-electron chi connectivity index (χ3n) is 5.07. The third kappa shape index (κ3) is 7.62. The Kier molecular flexibility index (Phi) is 10.1. The number of unbranched alkanes of at least 4 members (excludes halogenated alkanes) is 2. The van der Waals surface area contributed by atoms with Crippen LogP contribution < -0.4 is 15.4 Å². The number of carboxylic acid groups (broad SMARTS) is 1. The van der Waals surface area contributed by atoms with Gasteiger partial charge >= 0.3 is 5.97 Å². The van der Waals surface area contributed by atoms with E-state index in [2.05, 4.69) is 10.6 Å². The molecule has 1 aromatic carbocycles. The molecule has 11 heteroatoms. The fourth-order valence-electron chi connectivity index (χ4n) is 3.26. The van der Waals surface area contributed by atoms with Gasteiger partial charge in [0, 0.05) is 5.56 Å². The van der Waals surface area contributed by atoms with Gasteiger partial charge < -0.3 is 24.9 Å². The Morgan fingerprint density at radius 2 is 1.94 bits per heavy atom. The lowest BCUT2D eigenvalue weighted by Crippen LogP contribution is -2.42. The van der Waals surface area contributed by atoms with Crippen molar-refractivity contribution in [1.82, 2.24) is 15.7 Å². The largest absolute Gasteiger partial charge is 0.497 e. The molecule has 1 unspecified atom stereocenters. The lowest BCUT2D eigenvalue weighted by molar-refractivity contribution is -0.154. The number of hydrogen-bond donors (Lipinski definition) is 4. The minimum atomic E-state index is -1.13. The number of benzene rings is 1. The van der Waals surface area contributed by atoms with E-state index in [0.717, 1.165) is 19.3 Å². The van der Waals surface area contributed by atoms with Gasteiger partial charge in [0.1, 0.15) is 11.5 Å². The second-order valence-electron chi connectivity index (χ2n) is 7.56.